The first-order chi connectivity index (χ1) is 15.7. The molecular formula is C24H27BrN4O4. The summed E-state index contributed by atoms with van der Waals surface area (Å²) >= 11 is 3.42. The molecule has 3 aromatic rings. The molecule has 0 amide bonds. The van der Waals surface area contributed by atoms with Crippen LogP contribution in [0.15, 0.2) is 50.8 Å². The lowest BCUT2D eigenvalue weighted by Gasteiger charge is -2.16. The fourth-order valence-electron chi connectivity index (χ4n) is 3.13. The lowest BCUT2D eigenvalue weighted by atomic mass is 10.1. The molecule has 3 rings (SSSR count). The number of rotatable bonds is 8. The smallest absolute Gasteiger partial charge is 0.343 e. The van der Waals surface area contributed by atoms with Crippen molar-refractivity contribution in [3.63, 3.8) is 0 Å². The van der Waals surface area contributed by atoms with Crippen LogP contribution >= 0.6 is 15.9 Å². The molecule has 0 aliphatic carbocycles. The van der Waals surface area contributed by atoms with Crippen LogP contribution in [-0.4, -0.2) is 49.7 Å². The minimum atomic E-state index is -0.493. The number of benzene rings is 2. The molecule has 0 fully saturated rings. The number of aromatic nitrogens is 2. The summed E-state index contributed by atoms with van der Waals surface area (Å²) in [6, 6.07) is 11.0. The molecule has 0 N–H and O–H groups in total. The molecule has 174 valence electrons. The van der Waals surface area contributed by atoms with Crippen LogP contribution in [-0.2, 0) is 9.53 Å². The summed E-state index contributed by atoms with van der Waals surface area (Å²) in [5.74, 6) is 0.558. The standard InChI is InChI=1S/C24H27BrN4O4/c1-6-15(2)23-27-20-10-8-17(25)11-19(20)24(31)29(23)26-13-16-7-9-18(28(3)4)12-21(16)33-14-22(30)32-5/h7-13,15H,6,14H2,1-5H3/t15-/m1/s1. The van der Waals surface area contributed by atoms with Crippen molar-refractivity contribution in [2.45, 2.75) is 26.2 Å². The number of carbonyl (C=O) groups is 1. The van der Waals surface area contributed by atoms with Gasteiger partial charge in [-0.05, 0) is 36.8 Å². The Hall–Kier alpha value is -3.20. The van der Waals surface area contributed by atoms with E-state index in [2.05, 4.69) is 25.8 Å². The number of hydrogen-bond donors (Lipinski definition) is 0. The molecule has 1 atom stereocenters. The molecule has 0 spiro atoms. The van der Waals surface area contributed by atoms with E-state index in [9.17, 15) is 9.59 Å². The summed E-state index contributed by atoms with van der Waals surface area (Å²) < 4.78 is 12.5. The van der Waals surface area contributed by atoms with Crippen LogP contribution < -0.4 is 15.2 Å². The lowest BCUT2D eigenvalue weighted by molar-refractivity contribution is -0.142. The predicted octanol–water partition coefficient (Wildman–Crippen LogP) is 4.17. The molecule has 1 aromatic heterocycles. The fraction of sp³-hybridized carbons (Fsp3) is 0.333. The summed E-state index contributed by atoms with van der Waals surface area (Å²) in [5.41, 5.74) is 1.87. The van der Waals surface area contributed by atoms with Crippen molar-refractivity contribution in [3.8, 4) is 5.75 Å². The number of halogens is 1. The normalized spacial score (nSPS) is 12.2. The van der Waals surface area contributed by atoms with Gasteiger partial charge < -0.3 is 14.4 Å². The zero-order valence-corrected chi connectivity index (χ0v) is 20.9. The molecular weight excluding hydrogens is 488 g/mol. The van der Waals surface area contributed by atoms with Crippen LogP contribution in [0.25, 0.3) is 10.9 Å². The highest BCUT2D eigenvalue weighted by molar-refractivity contribution is 9.10. The van der Waals surface area contributed by atoms with E-state index < -0.39 is 5.97 Å². The maximum Gasteiger partial charge on any atom is 0.343 e. The van der Waals surface area contributed by atoms with Crippen molar-refractivity contribution in [1.29, 1.82) is 0 Å². The summed E-state index contributed by atoms with van der Waals surface area (Å²) in [7, 11) is 5.12. The highest BCUT2D eigenvalue weighted by atomic mass is 79.9. The van der Waals surface area contributed by atoms with Crippen molar-refractivity contribution in [3.05, 3.63) is 62.6 Å². The summed E-state index contributed by atoms with van der Waals surface area (Å²) in [5, 5.41) is 4.97. The third kappa shape index (κ3) is 5.60. The molecule has 0 aliphatic rings. The molecule has 0 aliphatic heterocycles. The van der Waals surface area contributed by atoms with Crippen molar-refractivity contribution < 1.29 is 14.3 Å². The quantitative estimate of drug-likeness (QED) is 0.331. The monoisotopic (exact) mass is 514 g/mol. The van der Waals surface area contributed by atoms with E-state index in [4.69, 9.17) is 9.72 Å². The summed E-state index contributed by atoms with van der Waals surface area (Å²) in [6.45, 7) is 3.81. The van der Waals surface area contributed by atoms with Gasteiger partial charge in [-0.2, -0.15) is 9.78 Å². The van der Waals surface area contributed by atoms with Crippen LogP contribution in [0.5, 0.6) is 5.75 Å². The second-order valence-electron chi connectivity index (χ2n) is 7.78. The van der Waals surface area contributed by atoms with Gasteiger partial charge in [0, 0.05) is 41.8 Å². The van der Waals surface area contributed by atoms with Gasteiger partial charge in [-0.1, -0.05) is 29.8 Å². The van der Waals surface area contributed by atoms with Crippen LogP contribution in [0, 0.1) is 0 Å². The molecule has 9 heteroatoms. The highest BCUT2D eigenvalue weighted by Crippen LogP contribution is 2.25. The van der Waals surface area contributed by atoms with Gasteiger partial charge in [-0.3, -0.25) is 4.79 Å². The van der Waals surface area contributed by atoms with Crippen LogP contribution in [0.4, 0.5) is 5.69 Å². The third-order valence-corrected chi connectivity index (χ3v) is 5.78. The SMILES string of the molecule is CC[C@@H](C)c1nc2ccc(Br)cc2c(=O)n1N=Cc1ccc(N(C)C)cc1OCC(=O)OC. The number of fused-ring (bicyclic) bond motifs is 1. The highest BCUT2D eigenvalue weighted by Gasteiger charge is 2.16. The fourth-order valence-corrected chi connectivity index (χ4v) is 3.49. The topological polar surface area (TPSA) is 86.0 Å². The Labute approximate surface area is 201 Å². The lowest BCUT2D eigenvalue weighted by Crippen LogP contribution is -2.23. The third-order valence-electron chi connectivity index (χ3n) is 5.29. The molecule has 1 heterocycles. The number of hydrogen-bond acceptors (Lipinski definition) is 7. The largest absolute Gasteiger partial charge is 0.481 e. The first-order valence-electron chi connectivity index (χ1n) is 10.5. The summed E-state index contributed by atoms with van der Waals surface area (Å²) in [4.78, 5) is 31.5. The maximum absolute atomic E-state index is 13.3. The van der Waals surface area contributed by atoms with Gasteiger partial charge in [0.25, 0.3) is 5.56 Å². The zero-order valence-electron chi connectivity index (χ0n) is 19.3. The van der Waals surface area contributed by atoms with Gasteiger partial charge in [0.15, 0.2) is 6.61 Å². The van der Waals surface area contributed by atoms with Crippen molar-refractivity contribution in [1.82, 2.24) is 9.66 Å². The van der Waals surface area contributed by atoms with Crippen molar-refractivity contribution in [2.75, 3.05) is 32.7 Å². The van der Waals surface area contributed by atoms with Gasteiger partial charge >= 0.3 is 5.97 Å². The van der Waals surface area contributed by atoms with Gasteiger partial charge in [-0.25, -0.2) is 9.78 Å². The Morgan fingerprint density at radius 1 is 1.27 bits per heavy atom. The number of anilines is 1. The maximum atomic E-state index is 13.3. The molecule has 0 bridgehead atoms. The zero-order chi connectivity index (χ0) is 24.1. The number of ether oxygens (including phenoxy) is 2. The van der Waals surface area contributed by atoms with E-state index >= 15 is 0 Å². The average Bonchev–Trinajstić information content (AvgIpc) is 2.81. The van der Waals surface area contributed by atoms with Crippen LogP contribution in [0.2, 0.25) is 0 Å². The average molecular weight is 515 g/mol. The van der Waals surface area contributed by atoms with Crippen LogP contribution in [0.1, 0.15) is 37.6 Å². The molecule has 8 nitrogen and oxygen atoms in total. The van der Waals surface area contributed by atoms with Crippen molar-refractivity contribution >= 4 is 44.7 Å². The second kappa shape index (κ2) is 10.6. The Morgan fingerprint density at radius 2 is 2.03 bits per heavy atom. The van der Waals surface area contributed by atoms with Gasteiger partial charge in [0.05, 0.1) is 24.2 Å². The number of esters is 1. The molecule has 2 aromatic carbocycles. The first kappa shape index (κ1) is 24.4. The molecule has 33 heavy (non-hydrogen) atoms. The van der Waals surface area contributed by atoms with Crippen LogP contribution in [0.3, 0.4) is 0 Å². The Bertz CT molecular complexity index is 1250. The van der Waals surface area contributed by atoms with E-state index in [1.54, 1.807) is 18.3 Å². The van der Waals surface area contributed by atoms with Gasteiger partial charge in [-0.15, -0.1) is 0 Å². The van der Waals surface area contributed by atoms with E-state index in [-0.39, 0.29) is 18.1 Å². The van der Waals surface area contributed by atoms with Gasteiger partial charge in [0.2, 0.25) is 0 Å². The number of methoxy groups -OCH3 is 1. The van der Waals surface area contributed by atoms with Crippen molar-refractivity contribution in [2.24, 2.45) is 5.10 Å². The Morgan fingerprint density at radius 3 is 2.70 bits per heavy atom. The van der Waals surface area contributed by atoms with E-state index in [1.165, 1.54) is 11.8 Å². The van der Waals surface area contributed by atoms with Gasteiger partial charge in [0.1, 0.15) is 11.6 Å². The number of carbonyl (C=O) groups excluding carboxylic acids is 1. The molecule has 0 saturated carbocycles. The van der Waals surface area contributed by atoms with E-state index in [0.717, 1.165) is 16.6 Å². The first-order valence-corrected chi connectivity index (χ1v) is 11.3. The molecule has 0 unspecified atom stereocenters. The minimum absolute atomic E-state index is 0.0223. The number of nitrogens with zero attached hydrogens (tertiary/aromatic N) is 4. The Kier molecular flexibility index (Phi) is 7.86. The second-order valence-corrected chi connectivity index (χ2v) is 8.70. The van der Waals surface area contributed by atoms with E-state index in [0.29, 0.717) is 28.0 Å². The van der Waals surface area contributed by atoms with E-state index in [1.807, 2.05) is 57.1 Å². The minimum Gasteiger partial charge on any atom is -0.481 e. The molecule has 0 saturated heterocycles. The summed E-state index contributed by atoms with van der Waals surface area (Å²) in [6.07, 6.45) is 2.35. The predicted molar refractivity (Wildman–Crippen MR) is 134 cm³/mol. The Balaban J connectivity index is 2.11. The molecule has 0 radical (unpaired) electrons.